The largest absolute Gasteiger partial charge is 0.497 e. The number of nitro groups is 1. The Morgan fingerprint density at radius 3 is 3.08 bits per heavy atom. The highest BCUT2D eigenvalue weighted by Gasteiger charge is 2.62. The lowest BCUT2D eigenvalue weighted by atomic mass is 9.78. The first kappa shape index (κ1) is 15.2. The van der Waals surface area contributed by atoms with Crippen LogP contribution in [0.1, 0.15) is 24.8 Å². The molecule has 1 saturated carbocycles. The fourth-order valence-electron chi connectivity index (χ4n) is 4.94. The van der Waals surface area contributed by atoms with Crippen LogP contribution in [0.5, 0.6) is 11.5 Å². The third-order valence-corrected chi connectivity index (χ3v) is 5.87. The van der Waals surface area contributed by atoms with Gasteiger partial charge in [-0.25, -0.2) is 0 Å². The van der Waals surface area contributed by atoms with E-state index in [0.717, 1.165) is 24.2 Å². The molecule has 1 aliphatic carbocycles. The normalized spacial score (nSPS) is 30.9. The molecule has 24 heavy (non-hydrogen) atoms. The van der Waals surface area contributed by atoms with E-state index in [1.807, 2.05) is 23.1 Å². The zero-order valence-corrected chi connectivity index (χ0v) is 13.6. The third kappa shape index (κ3) is 2.00. The highest BCUT2D eigenvalue weighted by Crippen LogP contribution is 2.59. The number of nitrogens with zero attached hydrogens (tertiary/aromatic N) is 2. The lowest BCUT2D eigenvalue weighted by Gasteiger charge is -2.38. The van der Waals surface area contributed by atoms with Crippen LogP contribution < -0.4 is 9.47 Å². The molecule has 0 bridgehead atoms. The summed E-state index contributed by atoms with van der Waals surface area (Å²) < 4.78 is 11.2. The van der Waals surface area contributed by atoms with Crippen molar-refractivity contribution in [3.63, 3.8) is 0 Å². The van der Waals surface area contributed by atoms with Crippen LogP contribution in [0.15, 0.2) is 18.2 Å². The number of amides is 1. The van der Waals surface area contributed by atoms with E-state index in [-0.39, 0.29) is 29.2 Å². The number of hydrogen-bond donors (Lipinski definition) is 0. The SMILES string of the molecule is COc1ccc2c(c1)OCCN1C(=O)CC3[C@H](C[N+](=O)[O-])CC[C@]231. The average Bonchev–Trinajstić information content (AvgIpc) is 2.96. The van der Waals surface area contributed by atoms with E-state index in [4.69, 9.17) is 9.47 Å². The minimum absolute atomic E-state index is 0.0238. The molecule has 1 unspecified atom stereocenters. The summed E-state index contributed by atoms with van der Waals surface area (Å²) in [5.74, 6) is 1.43. The molecular formula is C17H20N2O5. The Bertz CT molecular complexity index is 706. The maximum absolute atomic E-state index is 12.6. The Morgan fingerprint density at radius 2 is 2.33 bits per heavy atom. The van der Waals surface area contributed by atoms with Gasteiger partial charge in [-0.05, 0) is 25.0 Å². The van der Waals surface area contributed by atoms with Gasteiger partial charge in [-0.2, -0.15) is 0 Å². The highest BCUT2D eigenvalue weighted by atomic mass is 16.6. The van der Waals surface area contributed by atoms with Crippen LogP contribution in [-0.2, 0) is 10.3 Å². The molecule has 0 N–H and O–H groups in total. The number of carbonyl (C=O) groups excluding carboxylic acids is 1. The van der Waals surface area contributed by atoms with Gasteiger partial charge in [-0.15, -0.1) is 0 Å². The lowest BCUT2D eigenvalue weighted by Crippen LogP contribution is -2.45. The van der Waals surface area contributed by atoms with Crippen LogP contribution in [-0.4, -0.2) is 42.5 Å². The third-order valence-electron chi connectivity index (χ3n) is 5.87. The summed E-state index contributed by atoms with van der Waals surface area (Å²) in [5.41, 5.74) is 0.512. The number of fused-ring (bicyclic) bond motifs is 1. The Labute approximate surface area is 139 Å². The van der Waals surface area contributed by atoms with Gasteiger partial charge in [0.15, 0.2) is 0 Å². The molecule has 1 aromatic carbocycles. The maximum atomic E-state index is 12.6. The maximum Gasteiger partial charge on any atom is 0.223 e. The van der Waals surface area contributed by atoms with E-state index < -0.39 is 5.54 Å². The predicted octanol–water partition coefficient (Wildman–Crippen LogP) is 1.82. The zero-order chi connectivity index (χ0) is 16.9. The number of ether oxygens (including phenoxy) is 2. The molecule has 7 nitrogen and oxygen atoms in total. The smallest absolute Gasteiger partial charge is 0.223 e. The molecule has 7 heteroatoms. The van der Waals surface area contributed by atoms with Crippen molar-refractivity contribution in [3.05, 3.63) is 33.9 Å². The van der Waals surface area contributed by atoms with Gasteiger partial charge in [0.1, 0.15) is 18.1 Å². The molecule has 4 rings (SSSR count). The summed E-state index contributed by atoms with van der Waals surface area (Å²) in [7, 11) is 1.60. The van der Waals surface area contributed by atoms with Crippen LogP contribution in [0.4, 0.5) is 0 Å². The topological polar surface area (TPSA) is 81.9 Å². The van der Waals surface area contributed by atoms with Crippen molar-refractivity contribution in [3.8, 4) is 11.5 Å². The van der Waals surface area contributed by atoms with Crippen LogP contribution in [0.2, 0.25) is 0 Å². The summed E-state index contributed by atoms with van der Waals surface area (Å²) in [4.78, 5) is 25.3. The molecule has 1 spiro atoms. The van der Waals surface area contributed by atoms with Gasteiger partial charge in [0.2, 0.25) is 12.5 Å². The summed E-state index contributed by atoms with van der Waals surface area (Å²) in [6, 6.07) is 5.70. The molecule has 3 atom stereocenters. The van der Waals surface area contributed by atoms with Crippen LogP contribution in [0.25, 0.3) is 0 Å². The van der Waals surface area contributed by atoms with E-state index in [1.54, 1.807) is 7.11 Å². The molecule has 128 valence electrons. The van der Waals surface area contributed by atoms with E-state index in [9.17, 15) is 14.9 Å². The van der Waals surface area contributed by atoms with Gasteiger partial charge in [0.05, 0.1) is 19.2 Å². The molecule has 3 aliphatic rings. The van der Waals surface area contributed by atoms with Gasteiger partial charge >= 0.3 is 0 Å². The fourth-order valence-corrected chi connectivity index (χ4v) is 4.94. The molecule has 0 radical (unpaired) electrons. The minimum Gasteiger partial charge on any atom is -0.497 e. The predicted molar refractivity (Wildman–Crippen MR) is 84.6 cm³/mol. The van der Waals surface area contributed by atoms with E-state index >= 15 is 0 Å². The monoisotopic (exact) mass is 332 g/mol. The summed E-state index contributed by atoms with van der Waals surface area (Å²) in [6.07, 6.45) is 1.91. The molecule has 1 saturated heterocycles. The summed E-state index contributed by atoms with van der Waals surface area (Å²) >= 11 is 0. The van der Waals surface area contributed by atoms with Crippen LogP contribution in [0, 0.1) is 22.0 Å². The minimum atomic E-state index is -0.462. The Hall–Kier alpha value is -2.31. The second-order valence-corrected chi connectivity index (χ2v) is 6.80. The molecule has 0 aromatic heterocycles. The van der Waals surface area contributed by atoms with Gasteiger partial charge < -0.3 is 14.4 Å². The molecule has 2 fully saturated rings. The van der Waals surface area contributed by atoms with Crippen molar-refractivity contribution in [2.45, 2.75) is 24.8 Å². The van der Waals surface area contributed by atoms with Crippen molar-refractivity contribution in [1.29, 1.82) is 0 Å². The van der Waals surface area contributed by atoms with Gasteiger partial charge in [-0.3, -0.25) is 14.9 Å². The van der Waals surface area contributed by atoms with Crippen molar-refractivity contribution < 1.29 is 19.2 Å². The second kappa shape index (κ2) is 5.36. The van der Waals surface area contributed by atoms with E-state index in [0.29, 0.717) is 25.3 Å². The first-order chi connectivity index (χ1) is 11.6. The quantitative estimate of drug-likeness (QED) is 0.623. The van der Waals surface area contributed by atoms with E-state index in [2.05, 4.69) is 0 Å². The first-order valence-electron chi connectivity index (χ1n) is 8.30. The van der Waals surface area contributed by atoms with Crippen molar-refractivity contribution in [2.24, 2.45) is 11.8 Å². The molecule has 2 heterocycles. The van der Waals surface area contributed by atoms with Crippen LogP contribution in [0.3, 0.4) is 0 Å². The second-order valence-electron chi connectivity index (χ2n) is 6.80. The number of carbonyl (C=O) groups is 1. The summed E-state index contributed by atoms with van der Waals surface area (Å²) in [6.45, 7) is 0.887. The summed E-state index contributed by atoms with van der Waals surface area (Å²) in [5, 5.41) is 11.0. The lowest BCUT2D eigenvalue weighted by molar-refractivity contribution is -0.489. The Kier molecular flexibility index (Phi) is 3.40. The highest BCUT2D eigenvalue weighted by molar-refractivity contribution is 5.81. The van der Waals surface area contributed by atoms with E-state index in [1.165, 1.54) is 0 Å². The average molecular weight is 332 g/mol. The van der Waals surface area contributed by atoms with Crippen molar-refractivity contribution in [1.82, 2.24) is 4.90 Å². The number of rotatable bonds is 3. The number of benzene rings is 1. The van der Waals surface area contributed by atoms with Gasteiger partial charge in [0, 0.05) is 34.8 Å². The standard InChI is InChI=1S/C17H20N2O5/c1-23-12-2-3-13-15(8-12)24-7-6-18-16(20)9-14-11(10-19(21)22)4-5-17(13,14)18/h2-3,8,11,14H,4-7,9-10H2,1H3/t11-,14?,17-/m0/s1. The van der Waals surface area contributed by atoms with Crippen molar-refractivity contribution >= 4 is 5.91 Å². The number of methoxy groups -OCH3 is 1. The molecular weight excluding hydrogens is 312 g/mol. The zero-order valence-electron chi connectivity index (χ0n) is 13.6. The van der Waals surface area contributed by atoms with Gasteiger partial charge in [0.25, 0.3) is 0 Å². The Balaban J connectivity index is 1.83. The molecule has 1 amide bonds. The number of hydrogen-bond acceptors (Lipinski definition) is 5. The van der Waals surface area contributed by atoms with Crippen LogP contribution >= 0.6 is 0 Å². The molecule has 2 aliphatic heterocycles. The van der Waals surface area contributed by atoms with Crippen molar-refractivity contribution in [2.75, 3.05) is 26.8 Å². The Morgan fingerprint density at radius 1 is 1.50 bits per heavy atom. The molecule has 1 aromatic rings. The van der Waals surface area contributed by atoms with Gasteiger partial charge in [-0.1, -0.05) is 0 Å². The first-order valence-corrected chi connectivity index (χ1v) is 8.30. The fraction of sp³-hybridized carbons (Fsp3) is 0.588.